The highest BCUT2D eigenvalue weighted by molar-refractivity contribution is 9.10. The quantitative estimate of drug-likeness (QED) is 0.798. The molecular formula is C13H13BrN2O4S2. The summed E-state index contributed by atoms with van der Waals surface area (Å²) < 4.78 is 52.9. The van der Waals surface area contributed by atoms with Crippen LogP contribution >= 0.6 is 15.9 Å². The van der Waals surface area contributed by atoms with Gasteiger partial charge in [-0.1, -0.05) is 22.0 Å². The summed E-state index contributed by atoms with van der Waals surface area (Å²) in [7, 11) is -5.98. The van der Waals surface area contributed by atoms with E-state index in [4.69, 9.17) is 0 Å². The van der Waals surface area contributed by atoms with E-state index in [0.717, 1.165) is 0 Å². The number of anilines is 1. The number of rotatable bonds is 5. The van der Waals surface area contributed by atoms with Crippen molar-refractivity contribution in [2.24, 2.45) is 0 Å². The first-order chi connectivity index (χ1) is 10.2. The Kier molecular flexibility index (Phi) is 4.90. The number of hydrogen-bond donors (Lipinski definition) is 2. The van der Waals surface area contributed by atoms with Crippen molar-refractivity contribution in [3.8, 4) is 0 Å². The summed E-state index contributed by atoms with van der Waals surface area (Å²) in [5, 5.41) is 0. The first-order valence-corrected chi connectivity index (χ1v) is 9.82. The Morgan fingerprint density at radius 3 is 2.05 bits per heavy atom. The lowest BCUT2D eigenvalue weighted by molar-refractivity contribution is 0.588. The van der Waals surface area contributed by atoms with Gasteiger partial charge < -0.3 is 0 Å². The second-order valence-electron chi connectivity index (χ2n) is 4.29. The van der Waals surface area contributed by atoms with Gasteiger partial charge in [-0.05, 0) is 49.5 Å². The van der Waals surface area contributed by atoms with Crippen LogP contribution in [0.5, 0.6) is 0 Å². The molecule has 0 aliphatic rings. The molecule has 0 aliphatic carbocycles. The van der Waals surface area contributed by atoms with Gasteiger partial charge in [0.25, 0.3) is 10.0 Å². The Balaban J connectivity index is 2.28. The van der Waals surface area contributed by atoms with Crippen LogP contribution in [0.1, 0.15) is 0 Å². The summed E-state index contributed by atoms with van der Waals surface area (Å²) in [5.41, 5.74) is 0.273. The predicted molar refractivity (Wildman–Crippen MR) is 87.6 cm³/mol. The van der Waals surface area contributed by atoms with Crippen molar-refractivity contribution < 1.29 is 16.8 Å². The van der Waals surface area contributed by atoms with E-state index in [1.807, 2.05) is 0 Å². The highest BCUT2D eigenvalue weighted by Gasteiger charge is 2.15. The van der Waals surface area contributed by atoms with Gasteiger partial charge in [0.1, 0.15) is 0 Å². The molecule has 2 aromatic rings. The number of benzene rings is 2. The van der Waals surface area contributed by atoms with Crippen molar-refractivity contribution in [3.63, 3.8) is 0 Å². The maximum Gasteiger partial charge on any atom is 0.261 e. The molecule has 0 bridgehead atoms. The minimum absolute atomic E-state index is 0.0559. The average molecular weight is 405 g/mol. The van der Waals surface area contributed by atoms with E-state index in [1.54, 1.807) is 12.1 Å². The molecule has 9 heteroatoms. The molecule has 0 amide bonds. The topological polar surface area (TPSA) is 92.3 Å². The van der Waals surface area contributed by atoms with Crippen LogP contribution in [0.15, 0.2) is 62.8 Å². The molecule has 2 aromatic carbocycles. The fraction of sp³-hybridized carbons (Fsp3) is 0.0769. The number of hydrogen-bond acceptors (Lipinski definition) is 4. The number of sulfonamides is 2. The van der Waals surface area contributed by atoms with Crippen LogP contribution in [-0.2, 0) is 20.0 Å². The zero-order valence-corrected chi connectivity index (χ0v) is 14.7. The minimum Gasteiger partial charge on any atom is -0.280 e. The highest BCUT2D eigenvalue weighted by atomic mass is 79.9. The van der Waals surface area contributed by atoms with Crippen LogP contribution < -0.4 is 9.44 Å². The van der Waals surface area contributed by atoms with Crippen LogP contribution in [0, 0.1) is 0 Å². The Bertz CT molecular complexity index is 879. The van der Waals surface area contributed by atoms with Gasteiger partial charge in [0.15, 0.2) is 0 Å². The molecule has 2 rings (SSSR count). The fourth-order valence-electron chi connectivity index (χ4n) is 1.67. The lowest BCUT2D eigenvalue weighted by Gasteiger charge is -2.09. The Labute approximate surface area is 137 Å². The summed E-state index contributed by atoms with van der Waals surface area (Å²) in [5.74, 6) is 0. The summed E-state index contributed by atoms with van der Waals surface area (Å²) in [6.07, 6.45) is 0. The van der Waals surface area contributed by atoms with Crippen LogP contribution in [0.3, 0.4) is 0 Å². The van der Waals surface area contributed by atoms with Crippen LogP contribution in [0.4, 0.5) is 5.69 Å². The van der Waals surface area contributed by atoms with E-state index >= 15 is 0 Å². The zero-order valence-electron chi connectivity index (χ0n) is 11.4. The Hall–Kier alpha value is -1.42. The fourth-order valence-corrected chi connectivity index (χ4v) is 4.05. The van der Waals surface area contributed by atoms with Crippen molar-refractivity contribution in [1.29, 1.82) is 0 Å². The van der Waals surface area contributed by atoms with Crippen molar-refractivity contribution in [1.82, 2.24) is 4.72 Å². The molecule has 0 spiro atoms. The summed E-state index contributed by atoms with van der Waals surface area (Å²) in [4.78, 5) is 0.161. The third kappa shape index (κ3) is 3.86. The zero-order chi connectivity index (χ0) is 16.4. The lowest BCUT2D eigenvalue weighted by Crippen LogP contribution is -2.18. The number of nitrogens with one attached hydrogen (secondary N) is 2. The molecular weight excluding hydrogens is 392 g/mol. The van der Waals surface area contributed by atoms with Gasteiger partial charge in [-0.3, -0.25) is 4.72 Å². The minimum atomic E-state index is -3.73. The second kappa shape index (κ2) is 6.37. The van der Waals surface area contributed by atoms with Gasteiger partial charge in [-0.15, -0.1) is 0 Å². The largest absolute Gasteiger partial charge is 0.280 e. The van der Waals surface area contributed by atoms with E-state index < -0.39 is 20.0 Å². The predicted octanol–water partition coefficient (Wildman–Crippen LogP) is 2.16. The molecule has 0 heterocycles. The third-order valence-electron chi connectivity index (χ3n) is 2.79. The first-order valence-electron chi connectivity index (χ1n) is 6.06. The van der Waals surface area contributed by atoms with E-state index in [9.17, 15) is 16.8 Å². The maximum absolute atomic E-state index is 12.2. The van der Waals surface area contributed by atoms with Crippen LogP contribution in [-0.4, -0.2) is 23.9 Å². The molecule has 0 unspecified atom stereocenters. The summed E-state index contributed by atoms with van der Waals surface area (Å²) >= 11 is 3.21. The van der Waals surface area contributed by atoms with Crippen molar-refractivity contribution in [2.45, 2.75) is 9.79 Å². The van der Waals surface area contributed by atoms with Crippen molar-refractivity contribution in [3.05, 3.63) is 53.0 Å². The molecule has 2 N–H and O–H groups in total. The van der Waals surface area contributed by atoms with Crippen molar-refractivity contribution in [2.75, 3.05) is 11.8 Å². The second-order valence-corrected chi connectivity index (χ2v) is 8.78. The average Bonchev–Trinajstić information content (AvgIpc) is 2.47. The van der Waals surface area contributed by atoms with Gasteiger partial charge >= 0.3 is 0 Å². The van der Waals surface area contributed by atoms with E-state index in [1.165, 1.54) is 43.4 Å². The molecule has 0 aromatic heterocycles. The van der Waals surface area contributed by atoms with Gasteiger partial charge in [-0.25, -0.2) is 21.6 Å². The normalized spacial score (nSPS) is 12.1. The third-order valence-corrected chi connectivity index (χ3v) is 6.09. The van der Waals surface area contributed by atoms with Crippen LogP contribution in [0.25, 0.3) is 0 Å². The smallest absolute Gasteiger partial charge is 0.261 e. The molecule has 22 heavy (non-hydrogen) atoms. The Morgan fingerprint density at radius 2 is 1.50 bits per heavy atom. The number of halogens is 1. The van der Waals surface area contributed by atoms with E-state index in [-0.39, 0.29) is 15.5 Å². The monoisotopic (exact) mass is 404 g/mol. The maximum atomic E-state index is 12.2. The van der Waals surface area contributed by atoms with Crippen molar-refractivity contribution >= 4 is 41.7 Å². The van der Waals surface area contributed by atoms with Gasteiger partial charge in [0, 0.05) is 10.2 Å². The van der Waals surface area contributed by atoms with Gasteiger partial charge in [-0.2, -0.15) is 0 Å². The molecule has 0 radical (unpaired) electrons. The van der Waals surface area contributed by atoms with E-state index in [0.29, 0.717) is 4.47 Å². The van der Waals surface area contributed by atoms with E-state index in [2.05, 4.69) is 25.4 Å². The highest BCUT2D eigenvalue weighted by Crippen LogP contribution is 2.20. The molecule has 6 nitrogen and oxygen atoms in total. The van der Waals surface area contributed by atoms with Crippen LogP contribution in [0.2, 0.25) is 0 Å². The van der Waals surface area contributed by atoms with Gasteiger partial charge in [0.2, 0.25) is 10.0 Å². The summed E-state index contributed by atoms with van der Waals surface area (Å²) in [6.45, 7) is 0. The molecule has 0 aliphatic heterocycles. The molecule has 0 fully saturated rings. The standard InChI is InChI=1S/C13H13BrN2O4S2/c1-15-21(17,18)12-7-5-11(6-8-12)16-22(19,20)13-4-2-3-10(14)9-13/h2-9,15-16H,1H3. The molecule has 118 valence electrons. The van der Waals surface area contributed by atoms with Gasteiger partial charge in [0.05, 0.1) is 9.79 Å². The first kappa shape index (κ1) is 16.9. The summed E-state index contributed by atoms with van der Waals surface area (Å²) in [6, 6.07) is 11.7. The molecule has 0 saturated heterocycles. The molecule has 0 saturated carbocycles. The Morgan fingerprint density at radius 1 is 0.864 bits per heavy atom. The lowest BCUT2D eigenvalue weighted by atomic mass is 10.3. The SMILES string of the molecule is CNS(=O)(=O)c1ccc(NS(=O)(=O)c2cccc(Br)c2)cc1. The molecule has 0 atom stereocenters.